The van der Waals surface area contributed by atoms with Crippen molar-refractivity contribution < 1.29 is 9.53 Å². The highest BCUT2D eigenvalue weighted by Crippen LogP contribution is 2.21. The van der Waals surface area contributed by atoms with E-state index in [1.54, 1.807) is 0 Å². The molecule has 108 valence electrons. The second-order valence-electron chi connectivity index (χ2n) is 4.81. The Kier molecular flexibility index (Phi) is 5.60. The molecule has 0 spiro atoms. The van der Waals surface area contributed by atoms with Gasteiger partial charge in [0.15, 0.2) is 0 Å². The monoisotopic (exact) mass is 292 g/mol. The largest absolute Gasteiger partial charge is 0.378 e. The molecule has 1 atom stereocenters. The van der Waals surface area contributed by atoms with Gasteiger partial charge in [-0.25, -0.2) is 0 Å². The number of rotatable bonds is 4. The average Bonchev–Trinajstić information content (AvgIpc) is 3.06. The number of aryl methyl sites for hydroxylation is 1. The summed E-state index contributed by atoms with van der Waals surface area (Å²) in [6, 6.07) is 1.88. The number of hydrogen-bond acceptors (Lipinski definition) is 4. The van der Waals surface area contributed by atoms with E-state index in [4.69, 9.17) is 10.5 Å². The van der Waals surface area contributed by atoms with Crippen molar-refractivity contribution in [1.29, 1.82) is 0 Å². The number of carbonyl (C=O) groups is 1. The molecule has 1 aromatic rings. The van der Waals surface area contributed by atoms with Crippen LogP contribution in [0.25, 0.3) is 0 Å². The van der Waals surface area contributed by atoms with Crippen molar-refractivity contribution in [2.45, 2.75) is 32.3 Å². The minimum absolute atomic E-state index is 0.0307. The van der Waals surface area contributed by atoms with Gasteiger partial charge in [0.1, 0.15) is 0 Å². The van der Waals surface area contributed by atoms with Crippen molar-refractivity contribution in [3.63, 3.8) is 0 Å². The van der Waals surface area contributed by atoms with Crippen molar-refractivity contribution in [2.75, 3.05) is 19.7 Å². The lowest BCUT2D eigenvalue weighted by atomic mass is 10.2. The van der Waals surface area contributed by atoms with Crippen molar-refractivity contribution in [1.82, 2.24) is 5.32 Å². The fourth-order valence-electron chi connectivity index (χ4n) is 2.16. The number of hydrogen-bond donors (Lipinski definition) is 2. The molecular formula is C15H20N2O2S. The molecule has 1 aliphatic rings. The van der Waals surface area contributed by atoms with Gasteiger partial charge in [0.2, 0.25) is 0 Å². The standard InChI is InChI=1S/C15H20N2O2S/c1-11-10-14(20-13(11)5-2-7-16)15(18)17-8-6-12-4-3-9-19-12/h10,12H,3-4,6-9,16H2,1H3,(H,17,18). The number of amides is 1. The van der Waals surface area contributed by atoms with E-state index < -0.39 is 0 Å². The predicted molar refractivity (Wildman–Crippen MR) is 80.9 cm³/mol. The first-order valence-electron chi connectivity index (χ1n) is 6.90. The summed E-state index contributed by atoms with van der Waals surface area (Å²) in [5.74, 6) is 5.78. The molecule has 3 N–H and O–H groups in total. The number of carbonyl (C=O) groups excluding carboxylic acids is 1. The summed E-state index contributed by atoms with van der Waals surface area (Å²) in [7, 11) is 0. The Morgan fingerprint density at radius 3 is 3.20 bits per heavy atom. The Morgan fingerprint density at radius 1 is 1.65 bits per heavy atom. The molecule has 0 radical (unpaired) electrons. The van der Waals surface area contributed by atoms with E-state index in [0.717, 1.165) is 36.3 Å². The molecule has 5 heteroatoms. The second-order valence-corrected chi connectivity index (χ2v) is 5.86. The Labute approximate surface area is 123 Å². The molecule has 0 bridgehead atoms. The van der Waals surface area contributed by atoms with E-state index >= 15 is 0 Å². The molecule has 2 heterocycles. The third kappa shape index (κ3) is 4.07. The first-order chi connectivity index (χ1) is 9.70. The van der Waals surface area contributed by atoms with Crippen LogP contribution in [0.3, 0.4) is 0 Å². The summed E-state index contributed by atoms with van der Waals surface area (Å²) in [6.45, 7) is 3.80. The van der Waals surface area contributed by atoms with Crippen LogP contribution in [0.5, 0.6) is 0 Å². The third-order valence-corrected chi connectivity index (χ3v) is 4.37. The Bertz CT molecular complexity index is 522. The van der Waals surface area contributed by atoms with Crippen molar-refractivity contribution in [3.8, 4) is 11.8 Å². The van der Waals surface area contributed by atoms with E-state index in [-0.39, 0.29) is 5.91 Å². The topological polar surface area (TPSA) is 64.3 Å². The summed E-state index contributed by atoms with van der Waals surface area (Å²) in [5.41, 5.74) is 6.39. The zero-order chi connectivity index (χ0) is 14.4. The Balaban J connectivity index is 1.85. The van der Waals surface area contributed by atoms with E-state index in [9.17, 15) is 4.79 Å². The molecule has 0 saturated carbocycles. The minimum atomic E-state index is -0.0307. The SMILES string of the molecule is Cc1cc(C(=O)NCCC2CCCO2)sc1C#CCN. The summed E-state index contributed by atoms with van der Waals surface area (Å²) >= 11 is 1.42. The lowest BCUT2D eigenvalue weighted by Gasteiger charge is -2.09. The molecule has 1 fully saturated rings. The Morgan fingerprint density at radius 2 is 2.50 bits per heavy atom. The molecule has 1 aromatic heterocycles. The van der Waals surface area contributed by atoms with Gasteiger partial charge in [0.05, 0.1) is 22.4 Å². The van der Waals surface area contributed by atoms with Gasteiger partial charge in [-0.3, -0.25) is 4.79 Å². The van der Waals surface area contributed by atoms with Crippen molar-refractivity contribution in [3.05, 3.63) is 21.4 Å². The fraction of sp³-hybridized carbons (Fsp3) is 0.533. The van der Waals surface area contributed by atoms with Crippen LogP contribution >= 0.6 is 11.3 Å². The molecule has 1 amide bonds. The highest BCUT2D eigenvalue weighted by atomic mass is 32.1. The van der Waals surface area contributed by atoms with Crippen LogP contribution < -0.4 is 11.1 Å². The van der Waals surface area contributed by atoms with E-state index in [1.165, 1.54) is 11.3 Å². The van der Waals surface area contributed by atoms with Gasteiger partial charge in [0, 0.05) is 13.2 Å². The molecule has 0 aliphatic carbocycles. The van der Waals surface area contributed by atoms with E-state index in [2.05, 4.69) is 17.2 Å². The molecule has 0 aromatic carbocycles. The van der Waals surface area contributed by atoms with Gasteiger partial charge in [-0.05, 0) is 37.8 Å². The quantitative estimate of drug-likeness (QED) is 0.830. The maximum atomic E-state index is 12.0. The molecule has 4 nitrogen and oxygen atoms in total. The van der Waals surface area contributed by atoms with Crippen molar-refractivity contribution in [2.24, 2.45) is 5.73 Å². The second kappa shape index (κ2) is 7.44. The summed E-state index contributed by atoms with van der Waals surface area (Å²) < 4.78 is 5.53. The van der Waals surface area contributed by atoms with Gasteiger partial charge < -0.3 is 15.8 Å². The van der Waals surface area contributed by atoms with Gasteiger partial charge in [-0.1, -0.05) is 11.8 Å². The number of ether oxygens (including phenoxy) is 1. The van der Waals surface area contributed by atoms with Gasteiger partial charge in [-0.2, -0.15) is 0 Å². The highest BCUT2D eigenvalue weighted by molar-refractivity contribution is 7.14. The molecule has 1 aliphatic heterocycles. The normalized spacial score (nSPS) is 17.6. The number of thiophene rings is 1. The van der Waals surface area contributed by atoms with Gasteiger partial charge in [0.25, 0.3) is 5.91 Å². The Hall–Kier alpha value is -1.35. The lowest BCUT2D eigenvalue weighted by Crippen LogP contribution is -2.26. The minimum Gasteiger partial charge on any atom is -0.378 e. The van der Waals surface area contributed by atoms with Crippen LogP contribution in [0.15, 0.2) is 6.07 Å². The highest BCUT2D eigenvalue weighted by Gasteiger charge is 2.16. The number of nitrogens with one attached hydrogen (secondary N) is 1. The summed E-state index contributed by atoms with van der Waals surface area (Å²) in [6.07, 6.45) is 3.43. The van der Waals surface area contributed by atoms with Crippen LogP contribution in [0, 0.1) is 18.8 Å². The molecule has 1 saturated heterocycles. The van der Waals surface area contributed by atoms with E-state index in [0.29, 0.717) is 24.1 Å². The van der Waals surface area contributed by atoms with Crippen LogP contribution in [-0.2, 0) is 4.74 Å². The lowest BCUT2D eigenvalue weighted by molar-refractivity contribution is 0.0910. The maximum Gasteiger partial charge on any atom is 0.261 e. The van der Waals surface area contributed by atoms with Gasteiger partial charge in [-0.15, -0.1) is 11.3 Å². The third-order valence-electron chi connectivity index (χ3n) is 3.22. The zero-order valence-electron chi connectivity index (χ0n) is 11.7. The molecule has 1 unspecified atom stereocenters. The molecule has 2 rings (SSSR count). The van der Waals surface area contributed by atoms with Crippen LogP contribution in [0.4, 0.5) is 0 Å². The van der Waals surface area contributed by atoms with Crippen LogP contribution in [0.1, 0.15) is 39.4 Å². The first-order valence-corrected chi connectivity index (χ1v) is 7.71. The van der Waals surface area contributed by atoms with Gasteiger partial charge >= 0.3 is 0 Å². The van der Waals surface area contributed by atoms with Crippen LogP contribution in [-0.4, -0.2) is 31.7 Å². The predicted octanol–water partition coefficient (Wildman–Crippen LogP) is 1.67. The van der Waals surface area contributed by atoms with E-state index in [1.807, 2.05) is 13.0 Å². The summed E-state index contributed by atoms with van der Waals surface area (Å²) in [5, 5.41) is 2.94. The molecular weight excluding hydrogens is 272 g/mol. The fourth-order valence-corrected chi connectivity index (χ4v) is 3.12. The molecule has 20 heavy (non-hydrogen) atoms. The summed E-state index contributed by atoms with van der Waals surface area (Å²) in [4.78, 5) is 13.7. The average molecular weight is 292 g/mol. The van der Waals surface area contributed by atoms with Crippen LogP contribution in [0.2, 0.25) is 0 Å². The first kappa shape index (κ1) is 15.0. The number of nitrogens with two attached hydrogens (primary N) is 1. The smallest absolute Gasteiger partial charge is 0.261 e. The zero-order valence-corrected chi connectivity index (χ0v) is 12.5. The maximum absolute atomic E-state index is 12.0. The van der Waals surface area contributed by atoms with Crippen molar-refractivity contribution >= 4 is 17.2 Å².